The highest BCUT2D eigenvalue weighted by Gasteiger charge is 2.10. The molecule has 0 atom stereocenters. The number of hydrogen-bond donors (Lipinski definition) is 1. The molecule has 2 rings (SSSR count). The zero-order chi connectivity index (χ0) is 16.1. The molecule has 0 aliphatic rings. The van der Waals surface area contributed by atoms with Gasteiger partial charge < -0.3 is 10.2 Å². The monoisotopic (exact) mass is 293 g/mol. The molecule has 4 heteroatoms. The summed E-state index contributed by atoms with van der Waals surface area (Å²) in [5, 5.41) is 11.8. The van der Waals surface area contributed by atoms with Gasteiger partial charge in [-0.3, -0.25) is 0 Å². The smallest absolute Gasteiger partial charge is 0.321 e. The topological polar surface area (TPSA) is 56.1 Å². The maximum absolute atomic E-state index is 12.2. The number of urea groups is 1. The molecule has 4 nitrogen and oxygen atoms in total. The van der Waals surface area contributed by atoms with Crippen molar-refractivity contribution < 1.29 is 4.79 Å². The average Bonchev–Trinajstić information content (AvgIpc) is 2.51. The number of carbonyl (C=O) groups excluding carboxylic acids is 1. The Bertz CT molecular complexity index is 731. The molecule has 0 spiro atoms. The number of amides is 2. The van der Waals surface area contributed by atoms with Crippen LogP contribution in [0, 0.1) is 25.2 Å². The summed E-state index contributed by atoms with van der Waals surface area (Å²) in [7, 11) is 1.73. The van der Waals surface area contributed by atoms with Crippen molar-refractivity contribution in [1.29, 1.82) is 5.26 Å². The molecule has 0 radical (unpaired) electrons. The maximum atomic E-state index is 12.2. The first-order chi connectivity index (χ1) is 10.5. The van der Waals surface area contributed by atoms with Gasteiger partial charge in [0.25, 0.3) is 0 Å². The first kappa shape index (κ1) is 15.6. The molecule has 0 fully saturated rings. The molecule has 0 aliphatic carbocycles. The fourth-order valence-corrected chi connectivity index (χ4v) is 2.12. The van der Waals surface area contributed by atoms with Crippen molar-refractivity contribution in [2.45, 2.75) is 20.4 Å². The molecule has 22 heavy (non-hydrogen) atoms. The lowest BCUT2D eigenvalue weighted by Gasteiger charge is -2.18. The van der Waals surface area contributed by atoms with E-state index in [9.17, 15) is 4.79 Å². The van der Waals surface area contributed by atoms with Crippen LogP contribution in [0.15, 0.2) is 42.5 Å². The Hall–Kier alpha value is -2.80. The summed E-state index contributed by atoms with van der Waals surface area (Å²) in [6.45, 7) is 4.50. The highest BCUT2D eigenvalue weighted by Crippen LogP contribution is 2.15. The van der Waals surface area contributed by atoms with Gasteiger partial charge in [-0.05, 0) is 54.8 Å². The van der Waals surface area contributed by atoms with Crippen molar-refractivity contribution in [3.8, 4) is 6.07 Å². The fraction of sp³-hybridized carbons (Fsp3) is 0.222. The summed E-state index contributed by atoms with van der Waals surface area (Å²) in [5.41, 5.74) is 4.64. The molecule has 0 aliphatic heterocycles. The van der Waals surface area contributed by atoms with Gasteiger partial charge in [0.15, 0.2) is 0 Å². The summed E-state index contributed by atoms with van der Waals surface area (Å²) in [6, 6.07) is 15.0. The number of hydrogen-bond acceptors (Lipinski definition) is 2. The van der Waals surface area contributed by atoms with Crippen LogP contribution >= 0.6 is 0 Å². The van der Waals surface area contributed by atoms with Crippen LogP contribution < -0.4 is 5.32 Å². The molecule has 0 bridgehead atoms. The molecular weight excluding hydrogens is 274 g/mol. The maximum Gasteiger partial charge on any atom is 0.321 e. The lowest BCUT2D eigenvalue weighted by atomic mass is 10.1. The third-order valence-corrected chi connectivity index (χ3v) is 3.58. The summed E-state index contributed by atoms with van der Waals surface area (Å²) < 4.78 is 0. The van der Waals surface area contributed by atoms with E-state index in [2.05, 4.69) is 11.4 Å². The van der Waals surface area contributed by atoms with Crippen molar-refractivity contribution >= 4 is 11.7 Å². The molecule has 2 aromatic carbocycles. The summed E-state index contributed by atoms with van der Waals surface area (Å²) in [6.07, 6.45) is 0. The van der Waals surface area contributed by atoms with E-state index >= 15 is 0 Å². The first-order valence-electron chi connectivity index (χ1n) is 7.08. The minimum absolute atomic E-state index is 0.175. The molecule has 112 valence electrons. The third-order valence-electron chi connectivity index (χ3n) is 3.58. The Kier molecular flexibility index (Phi) is 4.80. The highest BCUT2D eigenvalue weighted by atomic mass is 16.2. The quantitative estimate of drug-likeness (QED) is 0.934. The zero-order valence-electron chi connectivity index (χ0n) is 13.1. The number of anilines is 1. The van der Waals surface area contributed by atoms with Crippen LogP contribution in [0.3, 0.4) is 0 Å². The van der Waals surface area contributed by atoms with Crippen molar-refractivity contribution in [1.82, 2.24) is 4.90 Å². The van der Waals surface area contributed by atoms with Crippen LogP contribution in [0.25, 0.3) is 0 Å². The van der Waals surface area contributed by atoms with Crippen molar-refractivity contribution in [3.05, 3.63) is 64.7 Å². The Labute approximate surface area is 131 Å². The normalized spacial score (nSPS) is 9.91. The molecule has 0 saturated carbocycles. The van der Waals surface area contributed by atoms with Crippen LogP contribution in [0.1, 0.15) is 22.3 Å². The predicted octanol–water partition coefficient (Wildman–Crippen LogP) is 3.84. The highest BCUT2D eigenvalue weighted by molar-refractivity contribution is 5.89. The number of aryl methyl sites for hydroxylation is 2. The van der Waals surface area contributed by atoms with Crippen molar-refractivity contribution in [3.63, 3.8) is 0 Å². The third kappa shape index (κ3) is 3.86. The van der Waals surface area contributed by atoms with Crippen LogP contribution in [0.5, 0.6) is 0 Å². The van der Waals surface area contributed by atoms with E-state index in [0.717, 1.165) is 16.8 Å². The van der Waals surface area contributed by atoms with Gasteiger partial charge in [-0.15, -0.1) is 0 Å². The Balaban J connectivity index is 2.02. The number of benzene rings is 2. The first-order valence-corrected chi connectivity index (χ1v) is 7.08. The molecule has 0 heterocycles. The molecular formula is C18H19N3O. The van der Waals surface area contributed by atoms with Gasteiger partial charge in [0.1, 0.15) is 0 Å². The second-order valence-corrected chi connectivity index (χ2v) is 5.40. The van der Waals surface area contributed by atoms with Gasteiger partial charge in [-0.1, -0.05) is 18.2 Å². The average molecular weight is 293 g/mol. The fourth-order valence-electron chi connectivity index (χ4n) is 2.12. The van der Waals surface area contributed by atoms with E-state index in [1.165, 1.54) is 5.56 Å². The number of rotatable bonds is 3. The van der Waals surface area contributed by atoms with Gasteiger partial charge in [0.2, 0.25) is 0 Å². The van der Waals surface area contributed by atoms with E-state index in [-0.39, 0.29) is 6.03 Å². The number of carbonyl (C=O) groups is 1. The van der Waals surface area contributed by atoms with E-state index in [1.807, 2.05) is 44.2 Å². The summed E-state index contributed by atoms with van der Waals surface area (Å²) >= 11 is 0. The minimum Gasteiger partial charge on any atom is -0.323 e. The molecule has 0 aromatic heterocycles. The standard InChI is InChI=1S/C18H19N3O/c1-13-7-8-17(9-14(13)2)20-18(22)21(3)12-16-6-4-5-15(10-16)11-19/h4-10H,12H2,1-3H3,(H,20,22). The van der Waals surface area contributed by atoms with Gasteiger partial charge in [-0.2, -0.15) is 5.26 Å². The Morgan fingerprint density at radius 1 is 1.18 bits per heavy atom. The van der Waals surface area contributed by atoms with Gasteiger partial charge in [0.05, 0.1) is 11.6 Å². The summed E-state index contributed by atoms with van der Waals surface area (Å²) in [5.74, 6) is 0. The largest absolute Gasteiger partial charge is 0.323 e. The van der Waals surface area contributed by atoms with E-state index < -0.39 is 0 Å². The number of nitrogens with one attached hydrogen (secondary N) is 1. The van der Waals surface area contributed by atoms with Gasteiger partial charge in [0, 0.05) is 19.3 Å². The lowest BCUT2D eigenvalue weighted by Crippen LogP contribution is -2.30. The SMILES string of the molecule is Cc1ccc(NC(=O)N(C)Cc2cccc(C#N)c2)cc1C. The summed E-state index contributed by atoms with van der Waals surface area (Å²) in [4.78, 5) is 13.8. The van der Waals surface area contributed by atoms with Crippen molar-refractivity contribution in [2.75, 3.05) is 12.4 Å². The molecule has 0 unspecified atom stereocenters. The molecule has 0 saturated heterocycles. The predicted molar refractivity (Wildman–Crippen MR) is 87.6 cm³/mol. The Morgan fingerprint density at radius 3 is 2.64 bits per heavy atom. The lowest BCUT2D eigenvalue weighted by molar-refractivity contribution is 0.220. The van der Waals surface area contributed by atoms with Gasteiger partial charge >= 0.3 is 6.03 Å². The van der Waals surface area contributed by atoms with Crippen LogP contribution in [0.2, 0.25) is 0 Å². The zero-order valence-corrected chi connectivity index (χ0v) is 13.1. The van der Waals surface area contributed by atoms with E-state index in [1.54, 1.807) is 24.1 Å². The van der Waals surface area contributed by atoms with Crippen LogP contribution in [-0.4, -0.2) is 18.0 Å². The van der Waals surface area contributed by atoms with E-state index in [0.29, 0.717) is 12.1 Å². The van der Waals surface area contributed by atoms with E-state index in [4.69, 9.17) is 5.26 Å². The Morgan fingerprint density at radius 2 is 1.95 bits per heavy atom. The van der Waals surface area contributed by atoms with Crippen LogP contribution in [-0.2, 0) is 6.54 Å². The number of nitriles is 1. The second kappa shape index (κ2) is 6.77. The molecule has 1 N–H and O–H groups in total. The minimum atomic E-state index is -0.175. The number of nitrogens with zero attached hydrogens (tertiary/aromatic N) is 2. The second-order valence-electron chi connectivity index (χ2n) is 5.40. The van der Waals surface area contributed by atoms with Gasteiger partial charge in [-0.25, -0.2) is 4.79 Å². The van der Waals surface area contributed by atoms with Crippen molar-refractivity contribution in [2.24, 2.45) is 0 Å². The molecule has 2 aromatic rings. The molecule has 2 amide bonds. The van der Waals surface area contributed by atoms with Crippen LogP contribution in [0.4, 0.5) is 10.5 Å².